The number of carboxylic acids is 1. The van der Waals surface area contributed by atoms with Crippen molar-refractivity contribution in [1.82, 2.24) is 4.57 Å². The van der Waals surface area contributed by atoms with Gasteiger partial charge in [-0.3, -0.25) is 0 Å². The number of carbonyl (C=O) groups is 1. The molecule has 4 nitrogen and oxygen atoms in total. The summed E-state index contributed by atoms with van der Waals surface area (Å²) >= 11 is 0. The smallest absolute Gasteiger partial charge is 0.418 e. The van der Waals surface area contributed by atoms with Gasteiger partial charge in [0.05, 0.1) is 18.2 Å². The Kier molecular flexibility index (Phi) is 3.93. The van der Waals surface area contributed by atoms with E-state index in [1.807, 2.05) is 0 Å². The van der Waals surface area contributed by atoms with Crippen LogP contribution < -0.4 is 4.74 Å². The molecule has 0 aliphatic heterocycles. The first-order valence-electron chi connectivity index (χ1n) is 5.94. The number of aromatic nitrogens is 1. The number of aromatic carboxylic acids is 1. The number of methoxy groups -OCH3 is 1. The number of rotatable bonds is 4. The van der Waals surface area contributed by atoms with E-state index in [2.05, 4.69) is 0 Å². The highest BCUT2D eigenvalue weighted by molar-refractivity contribution is 5.89. The van der Waals surface area contributed by atoms with Gasteiger partial charge < -0.3 is 14.4 Å². The number of nitrogens with zero attached hydrogens (tertiary/aromatic N) is 1. The quantitative estimate of drug-likeness (QED) is 0.942. The number of carboxylic acid groups (broad SMARTS) is 1. The summed E-state index contributed by atoms with van der Waals surface area (Å²) in [7, 11) is 1.49. The lowest BCUT2D eigenvalue weighted by Crippen LogP contribution is -2.09. The van der Waals surface area contributed by atoms with E-state index in [0.29, 0.717) is 11.3 Å². The molecule has 2 aromatic rings. The molecule has 0 bridgehead atoms. The number of halogens is 3. The number of alkyl halides is 3. The zero-order chi connectivity index (χ0) is 15.6. The van der Waals surface area contributed by atoms with Gasteiger partial charge >= 0.3 is 12.1 Å². The van der Waals surface area contributed by atoms with E-state index in [0.717, 1.165) is 12.4 Å². The molecule has 0 radical (unpaired) electrons. The second-order valence-electron chi connectivity index (χ2n) is 4.41. The highest BCUT2D eigenvalue weighted by Gasteiger charge is 2.36. The normalized spacial score (nSPS) is 11.4. The molecule has 0 aliphatic carbocycles. The molecule has 0 saturated heterocycles. The molecule has 7 heteroatoms. The Morgan fingerprint density at radius 2 is 2.05 bits per heavy atom. The van der Waals surface area contributed by atoms with Crippen LogP contribution in [-0.4, -0.2) is 22.8 Å². The van der Waals surface area contributed by atoms with Gasteiger partial charge in [-0.25, -0.2) is 4.79 Å². The maximum Gasteiger partial charge on any atom is 0.418 e. The molecule has 2 rings (SSSR count). The summed E-state index contributed by atoms with van der Waals surface area (Å²) in [5, 5.41) is 8.86. The van der Waals surface area contributed by atoms with Crippen LogP contribution in [0, 0.1) is 0 Å². The molecule has 0 atom stereocenters. The minimum absolute atomic E-state index is 0.119. The first kappa shape index (κ1) is 15.0. The van der Waals surface area contributed by atoms with Crippen molar-refractivity contribution >= 4 is 5.97 Å². The number of benzene rings is 1. The molecule has 1 aromatic heterocycles. The van der Waals surface area contributed by atoms with Crippen LogP contribution >= 0.6 is 0 Å². The minimum Gasteiger partial charge on any atom is -0.497 e. The average molecular weight is 299 g/mol. The van der Waals surface area contributed by atoms with Gasteiger partial charge in [0.25, 0.3) is 0 Å². The summed E-state index contributed by atoms with van der Waals surface area (Å²) < 4.78 is 44.6. The Hall–Kier alpha value is -2.44. The van der Waals surface area contributed by atoms with Crippen LogP contribution in [0.2, 0.25) is 0 Å². The van der Waals surface area contributed by atoms with Gasteiger partial charge in [0.15, 0.2) is 0 Å². The molecule has 112 valence electrons. The van der Waals surface area contributed by atoms with Crippen molar-refractivity contribution in [2.24, 2.45) is 0 Å². The summed E-state index contributed by atoms with van der Waals surface area (Å²) in [6, 6.07) is 6.81. The van der Waals surface area contributed by atoms with E-state index < -0.39 is 23.3 Å². The monoisotopic (exact) mass is 299 g/mol. The Morgan fingerprint density at radius 3 is 2.57 bits per heavy atom. The summed E-state index contributed by atoms with van der Waals surface area (Å²) in [4.78, 5) is 10.9. The SMILES string of the molecule is COc1cccc(Cn2cc(C(=O)O)c(C(F)(F)F)c2)c1. The average Bonchev–Trinajstić information content (AvgIpc) is 2.83. The third kappa shape index (κ3) is 3.36. The van der Waals surface area contributed by atoms with Crippen molar-refractivity contribution < 1.29 is 27.8 Å². The summed E-state index contributed by atoms with van der Waals surface area (Å²) in [6.45, 7) is 0.119. The summed E-state index contributed by atoms with van der Waals surface area (Å²) in [6.07, 6.45) is -2.93. The van der Waals surface area contributed by atoms with Crippen molar-refractivity contribution in [2.45, 2.75) is 12.7 Å². The zero-order valence-corrected chi connectivity index (χ0v) is 11.0. The molecular weight excluding hydrogens is 287 g/mol. The lowest BCUT2D eigenvalue weighted by atomic mass is 10.2. The lowest BCUT2D eigenvalue weighted by Gasteiger charge is -2.06. The fraction of sp³-hybridized carbons (Fsp3) is 0.214. The predicted octanol–water partition coefficient (Wildman–Crippen LogP) is 3.26. The fourth-order valence-corrected chi connectivity index (χ4v) is 1.98. The van der Waals surface area contributed by atoms with Gasteiger partial charge in [-0.15, -0.1) is 0 Å². The van der Waals surface area contributed by atoms with Crippen LogP contribution in [0.5, 0.6) is 5.75 Å². The standard InChI is InChI=1S/C14H12F3NO3/c1-21-10-4-2-3-9(5-10)6-18-7-11(13(19)20)12(8-18)14(15,16)17/h2-5,7-8H,6H2,1H3,(H,19,20). The Morgan fingerprint density at radius 1 is 1.33 bits per heavy atom. The predicted molar refractivity (Wildman–Crippen MR) is 68.5 cm³/mol. The van der Waals surface area contributed by atoms with E-state index in [1.165, 1.54) is 11.7 Å². The highest BCUT2D eigenvalue weighted by Crippen LogP contribution is 2.33. The van der Waals surface area contributed by atoms with E-state index in [4.69, 9.17) is 9.84 Å². The minimum atomic E-state index is -4.70. The van der Waals surface area contributed by atoms with E-state index in [1.54, 1.807) is 24.3 Å². The molecule has 1 N–H and O–H groups in total. The van der Waals surface area contributed by atoms with Gasteiger partial charge in [0, 0.05) is 18.9 Å². The maximum absolute atomic E-state index is 12.8. The Bertz CT molecular complexity index is 662. The summed E-state index contributed by atoms with van der Waals surface area (Å²) in [5.41, 5.74) is -1.21. The van der Waals surface area contributed by atoms with Crippen LogP contribution in [0.3, 0.4) is 0 Å². The van der Waals surface area contributed by atoms with Crippen molar-refractivity contribution in [2.75, 3.05) is 7.11 Å². The molecule has 21 heavy (non-hydrogen) atoms. The van der Waals surface area contributed by atoms with Gasteiger partial charge in [-0.2, -0.15) is 13.2 Å². The Balaban J connectivity index is 2.34. The zero-order valence-electron chi connectivity index (χ0n) is 11.0. The first-order valence-corrected chi connectivity index (χ1v) is 5.94. The van der Waals surface area contributed by atoms with Crippen LogP contribution in [-0.2, 0) is 12.7 Å². The molecule has 0 spiro atoms. The van der Waals surface area contributed by atoms with E-state index >= 15 is 0 Å². The van der Waals surface area contributed by atoms with Crippen LogP contribution in [0.1, 0.15) is 21.5 Å². The number of hydrogen-bond donors (Lipinski definition) is 1. The Labute approximate surface area is 118 Å². The first-order chi connectivity index (χ1) is 9.81. The second kappa shape index (κ2) is 5.51. The van der Waals surface area contributed by atoms with Gasteiger partial charge in [-0.05, 0) is 17.7 Å². The lowest BCUT2D eigenvalue weighted by molar-refractivity contribution is -0.138. The largest absolute Gasteiger partial charge is 0.497 e. The fourth-order valence-electron chi connectivity index (χ4n) is 1.98. The number of hydrogen-bond acceptors (Lipinski definition) is 2. The second-order valence-corrected chi connectivity index (χ2v) is 4.41. The molecule has 0 fully saturated rings. The third-order valence-corrected chi connectivity index (χ3v) is 2.92. The van der Waals surface area contributed by atoms with Crippen molar-refractivity contribution in [1.29, 1.82) is 0 Å². The molecule has 0 saturated carbocycles. The topological polar surface area (TPSA) is 51.5 Å². The van der Waals surface area contributed by atoms with Gasteiger partial charge in [0.1, 0.15) is 5.75 Å². The molecule has 1 heterocycles. The summed E-state index contributed by atoms with van der Waals surface area (Å²) in [5.74, 6) is -1.03. The molecule has 0 unspecified atom stereocenters. The molecular formula is C14H12F3NO3. The van der Waals surface area contributed by atoms with Crippen molar-refractivity contribution in [3.8, 4) is 5.75 Å². The van der Waals surface area contributed by atoms with Crippen molar-refractivity contribution in [3.05, 3.63) is 53.3 Å². The number of ether oxygens (including phenoxy) is 1. The molecule has 0 amide bonds. The van der Waals surface area contributed by atoms with Crippen LogP contribution in [0.4, 0.5) is 13.2 Å². The van der Waals surface area contributed by atoms with E-state index in [9.17, 15) is 18.0 Å². The maximum atomic E-state index is 12.8. The highest BCUT2D eigenvalue weighted by atomic mass is 19.4. The van der Waals surface area contributed by atoms with Crippen LogP contribution in [0.25, 0.3) is 0 Å². The van der Waals surface area contributed by atoms with Crippen molar-refractivity contribution in [3.63, 3.8) is 0 Å². The molecule has 0 aliphatic rings. The van der Waals surface area contributed by atoms with Crippen LogP contribution in [0.15, 0.2) is 36.7 Å². The molecule has 1 aromatic carbocycles. The van der Waals surface area contributed by atoms with Gasteiger partial charge in [-0.1, -0.05) is 12.1 Å². The third-order valence-electron chi connectivity index (χ3n) is 2.92. The van der Waals surface area contributed by atoms with E-state index in [-0.39, 0.29) is 6.54 Å². The van der Waals surface area contributed by atoms with Gasteiger partial charge in [0.2, 0.25) is 0 Å².